The molecule has 2 aliphatic rings. The number of fused-ring (bicyclic) bond motifs is 1. The van der Waals surface area contributed by atoms with Crippen LogP contribution in [0.3, 0.4) is 0 Å². The molecule has 0 spiro atoms. The first kappa shape index (κ1) is 32.6. The molecule has 0 unspecified atom stereocenters. The number of aryl methyl sites for hydroxylation is 1. The molecule has 0 atom stereocenters. The fourth-order valence-electron chi connectivity index (χ4n) is 6.34. The monoisotopic (exact) mass is 611 g/mol. The molecular formula is C38H49N3O4. The normalized spacial score (nSPS) is 15.2. The summed E-state index contributed by atoms with van der Waals surface area (Å²) in [4.78, 5) is 32.8. The van der Waals surface area contributed by atoms with Crippen molar-refractivity contribution in [1.82, 2.24) is 4.90 Å². The number of unbranched alkanes of at least 4 members (excludes halogenated alkanes) is 1. The molecule has 1 amide bonds. The fourth-order valence-corrected chi connectivity index (χ4v) is 6.34. The third-order valence-corrected chi connectivity index (χ3v) is 8.96. The average Bonchev–Trinajstić information content (AvgIpc) is 3.33. The molecule has 0 saturated carbocycles. The van der Waals surface area contributed by atoms with Crippen molar-refractivity contribution in [2.45, 2.75) is 78.7 Å². The molecule has 0 radical (unpaired) electrons. The second-order valence-corrected chi connectivity index (χ2v) is 12.3. The Morgan fingerprint density at radius 2 is 1.60 bits per heavy atom. The van der Waals surface area contributed by atoms with E-state index in [0.29, 0.717) is 30.9 Å². The first-order valence-electron chi connectivity index (χ1n) is 16.9. The van der Waals surface area contributed by atoms with Crippen molar-refractivity contribution in [1.29, 1.82) is 0 Å². The lowest BCUT2D eigenvalue weighted by Gasteiger charge is -2.35. The fraction of sp³-hybridized carbons (Fsp3) is 0.474. The topological polar surface area (TPSA) is 62.3 Å². The molecule has 45 heavy (non-hydrogen) atoms. The van der Waals surface area contributed by atoms with E-state index in [1.54, 1.807) is 0 Å². The van der Waals surface area contributed by atoms with Gasteiger partial charge >= 0.3 is 5.97 Å². The van der Waals surface area contributed by atoms with Crippen LogP contribution in [-0.4, -0.2) is 56.1 Å². The summed E-state index contributed by atoms with van der Waals surface area (Å²) in [5, 5.41) is 0. The van der Waals surface area contributed by atoms with Gasteiger partial charge in [-0.2, -0.15) is 0 Å². The SMILES string of the molecule is CCCCC(=O)Oc1ccc2c(c1)CCN(c1ccc(C)cc1N(CC)C(=O)c1ccc(OCCN3CCCCCC3)cc1)C2. The van der Waals surface area contributed by atoms with E-state index in [4.69, 9.17) is 9.47 Å². The number of rotatable bonds is 12. The predicted octanol–water partition coefficient (Wildman–Crippen LogP) is 7.57. The predicted molar refractivity (Wildman–Crippen MR) is 182 cm³/mol. The standard InChI is InChI=1S/C38H49N3O4/c1-4-6-11-37(42)45-34-18-15-32-28-40(23-20-31(32)27-34)35-19-12-29(3)26-36(35)41(5-2)38(43)30-13-16-33(17-14-30)44-25-24-39-21-9-7-8-10-22-39/h12-19,26-27H,4-11,20-25,28H2,1-3H3. The van der Waals surface area contributed by atoms with Crippen LogP contribution in [0, 0.1) is 6.92 Å². The van der Waals surface area contributed by atoms with Gasteiger partial charge in [-0.3, -0.25) is 14.5 Å². The molecule has 240 valence electrons. The highest BCUT2D eigenvalue weighted by Crippen LogP contribution is 2.35. The summed E-state index contributed by atoms with van der Waals surface area (Å²) >= 11 is 0. The first-order valence-corrected chi connectivity index (χ1v) is 16.9. The Morgan fingerprint density at radius 1 is 0.844 bits per heavy atom. The van der Waals surface area contributed by atoms with Crippen molar-refractivity contribution in [3.8, 4) is 11.5 Å². The summed E-state index contributed by atoms with van der Waals surface area (Å²) in [6, 6.07) is 19.9. The number of nitrogens with zero attached hydrogens (tertiary/aromatic N) is 3. The number of carbonyl (C=O) groups excluding carboxylic acids is 2. The van der Waals surface area contributed by atoms with E-state index in [-0.39, 0.29) is 11.9 Å². The molecule has 3 aromatic rings. The number of benzene rings is 3. The lowest BCUT2D eigenvalue weighted by atomic mass is 9.98. The van der Waals surface area contributed by atoms with Gasteiger partial charge in [0.15, 0.2) is 0 Å². The molecule has 7 nitrogen and oxygen atoms in total. The number of anilines is 2. The van der Waals surface area contributed by atoms with Crippen molar-refractivity contribution in [3.05, 3.63) is 82.9 Å². The maximum atomic E-state index is 13.9. The Hall–Kier alpha value is -3.84. The second-order valence-electron chi connectivity index (χ2n) is 12.3. The minimum absolute atomic E-state index is 0.0209. The molecule has 0 bridgehead atoms. The maximum Gasteiger partial charge on any atom is 0.311 e. The van der Waals surface area contributed by atoms with Crippen LogP contribution >= 0.6 is 0 Å². The maximum absolute atomic E-state index is 13.9. The number of hydrogen-bond donors (Lipinski definition) is 0. The summed E-state index contributed by atoms with van der Waals surface area (Å²) in [5.41, 5.74) is 6.14. The molecule has 0 aliphatic carbocycles. The van der Waals surface area contributed by atoms with Gasteiger partial charge in [-0.25, -0.2) is 0 Å². The Labute approximate surface area is 269 Å². The van der Waals surface area contributed by atoms with Crippen LogP contribution in [0.5, 0.6) is 11.5 Å². The molecular weight excluding hydrogens is 562 g/mol. The number of carbonyl (C=O) groups is 2. The average molecular weight is 612 g/mol. The molecule has 2 heterocycles. The van der Waals surface area contributed by atoms with Gasteiger partial charge in [0, 0.05) is 38.2 Å². The Morgan fingerprint density at radius 3 is 2.33 bits per heavy atom. The number of esters is 1. The van der Waals surface area contributed by atoms with E-state index < -0.39 is 0 Å². The zero-order valence-electron chi connectivity index (χ0n) is 27.4. The van der Waals surface area contributed by atoms with Crippen LogP contribution in [0.4, 0.5) is 11.4 Å². The van der Waals surface area contributed by atoms with Crippen LogP contribution in [-0.2, 0) is 17.8 Å². The van der Waals surface area contributed by atoms with Gasteiger partial charge in [0.1, 0.15) is 18.1 Å². The van der Waals surface area contributed by atoms with E-state index in [2.05, 4.69) is 47.9 Å². The van der Waals surface area contributed by atoms with Crippen LogP contribution in [0.1, 0.15) is 85.8 Å². The Balaban J connectivity index is 1.25. The van der Waals surface area contributed by atoms with Gasteiger partial charge in [-0.05, 0) is 118 Å². The van der Waals surface area contributed by atoms with Gasteiger partial charge in [-0.15, -0.1) is 0 Å². The van der Waals surface area contributed by atoms with Crippen LogP contribution in [0.2, 0.25) is 0 Å². The van der Waals surface area contributed by atoms with E-state index >= 15 is 0 Å². The van der Waals surface area contributed by atoms with Gasteiger partial charge in [-0.1, -0.05) is 38.3 Å². The van der Waals surface area contributed by atoms with Crippen molar-refractivity contribution < 1.29 is 19.1 Å². The van der Waals surface area contributed by atoms with Gasteiger partial charge in [0.05, 0.1) is 11.4 Å². The molecule has 2 aliphatic heterocycles. The second kappa shape index (κ2) is 15.9. The highest BCUT2D eigenvalue weighted by atomic mass is 16.5. The van der Waals surface area contributed by atoms with Crippen LogP contribution < -0.4 is 19.3 Å². The number of hydrogen-bond acceptors (Lipinski definition) is 6. The number of ether oxygens (including phenoxy) is 2. The highest BCUT2D eigenvalue weighted by molar-refractivity contribution is 6.08. The molecule has 7 heteroatoms. The van der Waals surface area contributed by atoms with Crippen molar-refractivity contribution in [2.75, 3.05) is 49.1 Å². The van der Waals surface area contributed by atoms with Gasteiger partial charge < -0.3 is 19.3 Å². The smallest absolute Gasteiger partial charge is 0.311 e. The summed E-state index contributed by atoms with van der Waals surface area (Å²) in [5.74, 6) is 1.23. The molecule has 1 saturated heterocycles. The molecule has 0 N–H and O–H groups in total. The zero-order valence-corrected chi connectivity index (χ0v) is 27.4. The summed E-state index contributed by atoms with van der Waals surface area (Å²) in [7, 11) is 0. The summed E-state index contributed by atoms with van der Waals surface area (Å²) in [6.07, 6.45) is 8.30. The van der Waals surface area contributed by atoms with Gasteiger partial charge in [0.2, 0.25) is 0 Å². The zero-order chi connectivity index (χ0) is 31.6. The Bertz CT molecular complexity index is 1430. The van der Waals surface area contributed by atoms with Gasteiger partial charge in [0.25, 0.3) is 5.91 Å². The largest absolute Gasteiger partial charge is 0.492 e. The van der Waals surface area contributed by atoms with E-state index in [0.717, 1.165) is 74.7 Å². The summed E-state index contributed by atoms with van der Waals surface area (Å²) < 4.78 is 11.6. The van der Waals surface area contributed by atoms with E-state index in [1.807, 2.05) is 48.2 Å². The third-order valence-electron chi connectivity index (χ3n) is 8.96. The van der Waals surface area contributed by atoms with Crippen LogP contribution in [0.15, 0.2) is 60.7 Å². The summed E-state index contributed by atoms with van der Waals surface area (Å²) in [6.45, 7) is 12.2. The van der Waals surface area contributed by atoms with E-state index in [9.17, 15) is 9.59 Å². The quantitative estimate of drug-likeness (QED) is 0.156. The van der Waals surface area contributed by atoms with E-state index in [1.165, 1.54) is 36.8 Å². The lowest BCUT2D eigenvalue weighted by Crippen LogP contribution is -2.35. The minimum Gasteiger partial charge on any atom is -0.492 e. The first-order chi connectivity index (χ1) is 21.9. The van der Waals surface area contributed by atoms with Crippen molar-refractivity contribution in [2.24, 2.45) is 0 Å². The molecule has 1 fully saturated rings. The van der Waals surface area contributed by atoms with Crippen molar-refractivity contribution in [3.63, 3.8) is 0 Å². The highest BCUT2D eigenvalue weighted by Gasteiger charge is 2.25. The number of amides is 1. The minimum atomic E-state index is -0.173. The van der Waals surface area contributed by atoms with Crippen molar-refractivity contribution >= 4 is 23.3 Å². The molecule has 5 rings (SSSR count). The Kier molecular flexibility index (Phi) is 11.5. The number of likely N-dealkylation sites (tertiary alicyclic amines) is 1. The molecule has 3 aromatic carbocycles. The third kappa shape index (κ3) is 8.66. The lowest BCUT2D eigenvalue weighted by molar-refractivity contribution is -0.134. The van der Waals surface area contributed by atoms with Crippen LogP contribution in [0.25, 0.3) is 0 Å². The molecule has 0 aromatic heterocycles.